The molecular weight excluding hydrogens is 396 g/mol. The van der Waals surface area contributed by atoms with Crippen molar-refractivity contribution in [2.24, 2.45) is 0 Å². The molecule has 0 saturated heterocycles. The van der Waals surface area contributed by atoms with Crippen LogP contribution in [0.3, 0.4) is 0 Å². The highest BCUT2D eigenvalue weighted by Crippen LogP contribution is 2.18. The highest BCUT2D eigenvalue weighted by Gasteiger charge is 2.22. The lowest BCUT2D eigenvalue weighted by atomic mass is 10.1. The lowest BCUT2D eigenvalue weighted by Crippen LogP contribution is -2.32. The van der Waals surface area contributed by atoms with E-state index >= 15 is 0 Å². The maximum Gasteiger partial charge on any atom is 0.267 e. The van der Waals surface area contributed by atoms with Crippen LogP contribution in [0.15, 0.2) is 88.9 Å². The molecule has 0 fully saturated rings. The van der Waals surface area contributed by atoms with Crippen molar-refractivity contribution in [1.29, 1.82) is 0 Å². The third-order valence-electron chi connectivity index (χ3n) is 4.33. The first-order valence-electron chi connectivity index (χ1n) is 8.84. The standard InChI is InChI=1S/C20H22N2O4S2/c1-17(12-13-18-8-4-2-5-9-18)21-27(23,24)20-14-15-22(16-20)28(25,26)19-10-6-3-7-11-19/h2-11,14-17,21H,12-13H2,1H3/t17-/m1/s1. The molecule has 1 N–H and O–H groups in total. The Bertz CT molecular complexity index is 1120. The van der Waals surface area contributed by atoms with Crippen LogP contribution in [-0.2, 0) is 26.5 Å². The van der Waals surface area contributed by atoms with Crippen LogP contribution in [0.2, 0.25) is 0 Å². The van der Waals surface area contributed by atoms with Gasteiger partial charge in [-0.1, -0.05) is 48.5 Å². The van der Waals surface area contributed by atoms with E-state index in [1.165, 1.54) is 24.4 Å². The summed E-state index contributed by atoms with van der Waals surface area (Å²) < 4.78 is 54.0. The zero-order chi connectivity index (χ0) is 20.2. The Morgan fingerprint density at radius 2 is 1.46 bits per heavy atom. The average Bonchev–Trinajstić information content (AvgIpc) is 3.20. The molecule has 1 aromatic heterocycles. The van der Waals surface area contributed by atoms with Crippen molar-refractivity contribution in [1.82, 2.24) is 8.69 Å². The van der Waals surface area contributed by atoms with E-state index in [1.807, 2.05) is 30.3 Å². The highest BCUT2D eigenvalue weighted by atomic mass is 32.2. The molecule has 0 unspecified atom stereocenters. The summed E-state index contributed by atoms with van der Waals surface area (Å²) in [5.41, 5.74) is 1.13. The first kappa shape index (κ1) is 20.3. The molecule has 0 radical (unpaired) electrons. The van der Waals surface area contributed by atoms with E-state index in [4.69, 9.17) is 0 Å². The van der Waals surface area contributed by atoms with Gasteiger partial charge in [0.2, 0.25) is 10.0 Å². The Kier molecular flexibility index (Phi) is 6.02. The fourth-order valence-corrected chi connectivity index (χ4v) is 5.36. The first-order chi connectivity index (χ1) is 13.3. The topological polar surface area (TPSA) is 85.2 Å². The largest absolute Gasteiger partial charge is 0.267 e. The molecule has 6 nitrogen and oxygen atoms in total. The van der Waals surface area contributed by atoms with Gasteiger partial charge in [0.05, 0.1) is 4.90 Å². The summed E-state index contributed by atoms with van der Waals surface area (Å²) in [6.07, 6.45) is 3.74. The number of rotatable bonds is 8. The number of sulfonamides is 1. The number of hydrogen-bond acceptors (Lipinski definition) is 4. The predicted octanol–water partition coefficient (Wildman–Crippen LogP) is 3.02. The minimum atomic E-state index is -3.83. The quantitative estimate of drug-likeness (QED) is 0.609. The molecule has 0 amide bonds. The molecule has 1 heterocycles. The lowest BCUT2D eigenvalue weighted by molar-refractivity contribution is 0.547. The molecule has 3 rings (SSSR count). The maximum atomic E-state index is 12.6. The Morgan fingerprint density at radius 1 is 0.857 bits per heavy atom. The number of hydrogen-bond donors (Lipinski definition) is 1. The molecule has 0 aliphatic heterocycles. The zero-order valence-electron chi connectivity index (χ0n) is 15.4. The molecule has 2 aromatic carbocycles. The van der Waals surface area contributed by atoms with E-state index in [1.54, 1.807) is 25.1 Å². The van der Waals surface area contributed by atoms with Gasteiger partial charge in [-0.3, -0.25) is 0 Å². The Labute approximate surface area is 165 Å². The van der Waals surface area contributed by atoms with Crippen LogP contribution < -0.4 is 4.72 Å². The molecule has 148 valence electrons. The van der Waals surface area contributed by atoms with Gasteiger partial charge in [-0.2, -0.15) is 0 Å². The SMILES string of the molecule is C[C@H](CCc1ccccc1)NS(=O)(=O)c1ccn(S(=O)(=O)c2ccccc2)c1. The number of aryl methyl sites for hydroxylation is 1. The molecule has 3 aromatic rings. The van der Waals surface area contributed by atoms with Crippen LogP contribution in [0, 0.1) is 0 Å². The molecule has 0 spiro atoms. The van der Waals surface area contributed by atoms with E-state index < -0.39 is 20.0 Å². The van der Waals surface area contributed by atoms with Crippen molar-refractivity contribution < 1.29 is 16.8 Å². The summed E-state index contributed by atoms with van der Waals surface area (Å²) in [6, 6.07) is 18.7. The third-order valence-corrected chi connectivity index (χ3v) is 7.56. The summed E-state index contributed by atoms with van der Waals surface area (Å²) in [4.78, 5) is 0.0114. The molecule has 0 bridgehead atoms. The summed E-state index contributed by atoms with van der Waals surface area (Å²) >= 11 is 0. The summed E-state index contributed by atoms with van der Waals surface area (Å²) in [7, 11) is -7.65. The monoisotopic (exact) mass is 418 g/mol. The van der Waals surface area contributed by atoms with Crippen LogP contribution in [-0.4, -0.2) is 26.8 Å². The average molecular weight is 419 g/mol. The third kappa shape index (κ3) is 4.70. The van der Waals surface area contributed by atoms with Gasteiger partial charge in [-0.15, -0.1) is 0 Å². The molecular formula is C20H22N2O4S2. The number of nitrogens with zero attached hydrogens (tertiary/aromatic N) is 1. The van der Waals surface area contributed by atoms with E-state index in [9.17, 15) is 16.8 Å². The van der Waals surface area contributed by atoms with Gasteiger partial charge in [0.1, 0.15) is 4.90 Å². The summed E-state index contributed by atoms with van der Waals surface area (Å²) in [5, 5.41) is 0. The fourth-order valence-electron chi connectivity index (χ4n) is 2.80. The summed E-state index contributed by atoms with van der Waals surface area (Å²) in [5.74, 6) is 0. The molecule has 0 saturated carbocycles. The first-order valence-corrected chi connectivity index (χ1v) is 11.8. The number of nitrogens with one attached hydrogen (secondary N) is 1. The van der Waals surface area contributed by atoms with Crippen LogP contribution in [0.5, 0.6) is 0 Å². The lowest BCUT2D eigenvalue weighted by Gasteiger charge is -2.13. The van der Waals surface area contributed by atoms with Gasteiger partial charge in [0.25, 0.3) is 10.0 Å². The number of aromatic nitrogens is 1. The Balaban J connectivity index is 1.71. The van der Waals surface area contributed by atoms with E-state index in [-0.39, 0.29) is 15.8 Å². The van der Waals surface area contributed by atoms with Crippen LogP contribution >= 0.6 is 0 Å². The summed E-state index contributed by atoms with van der Waals surface area (Å²) in [6.45, 7) is 1.79. The second kappa shape index (κ2) is 8.30. The van der Waals surface area contributed by atoms with Gasteiger partial charge in [-0.25, -0.2) is 25.5 Å². The van der Waals surface area contributed by atoms with Gasteiger partial charge >= 0.3 is 0 Å². The van der Waals surface area contributed by atoms with Gasteiger partial charge < -0.3 is 0 Å². The number of benzene rings is 2. The van der Waals surface area contributed by atoms with Crippen LogP contribution in [0.1, 0.15) is 18.9 Å². The van der Waals surface area contributed by atoms with Gasteiger partial charge in [-0.05, 0) is 43.5 Å². The van der Waals surface area contributed by atoms with Crippen molar-refractivity contribution in [3.63, 3.8) is 0 Å². The van der Waals surface area contributed by atoms with E-state index in [2.05, 4.69) is 4.72 Å². The van der Waals surface area contributed by atoms with E-state index in [0.29, 0.717) is 6.42 Å². The molecule has 1 atom stereocenters. The Morgan fingerprint density at radius 3 is 2.11 bits per heavy atom. The predicted molar refractivity (Wildman–Crippen MR) is 108 cm³/mol. The fraction of sp³-hybridized carbons (Fsp3) is 0.200. The maximum absolute atomic E-state index is 12.6. The molecule has 8 heteroatoms. The highest BCUT2D eigenvalue weighted by molar-refractivity contribution is 7.90. The normalized spacial score (nSPS) is 13.3. The smallest absolute Gasteiger partial charge is 0.248 e. The van der Waals surface area contributed by atoms with Crippen molar-refractivity contribution in [2.45, 2.75) is 35.6 Å². The van der Waals surface area contributed by atoms with Crippen molar-refractivity contribution in [2.75, 3.05) is 0 Å². The van der Waals surface area contributed by atoms with Crippen molar-refractivity contribution in [3.05, 3.63) is 84.7 Å². The van der Waals surface area contributed by atoms with Crippen LogP contribution in [0.4, 0.5) is 0 Å². The molecule has 28 heavy (non-hydrogen) atoms. The van der Waals surface area contributed by atoms with Crippen molar-refractivity contribution >= 4 is 20.0 Å². The van der Waals surface area contributed by atoms with Gasteiger partial charge in [0.15, 0.2) is 0 Å². The second-order valence-electron chi connectivity index (χ2n) is 6.54. The molecule has 0 aliphatic rings. The Hall–Kier alpha value is -2.42. The van der Waals surface area contributed by atoms with E-state index in [0.717, 1.165) is 22.2 Å². The van der Waals surface area contributed by atoms with Crippen molar-refractivity contribution in [3.8, 4) is 0 Å². The minimum absolute atomic E-state index is 0.0847. The molecule has 0 aliphatic carbocycles. The zero-order valence-corrected chi connectivity index (χ0v) is 17.0. The van der Waals surface area contributed by atoms with Gasteiger partial charge in [0, 0.05) is 18.4 Å². The minimum Gasteiger partial charge on any atom is -0.248 e. The van der Waals surface area contributed by atoms with Crippen LogP contribution in [0.25, 0.3) is 0 Å². The second-order valence-corrected chi connectivity index (χ2v) is 10.1.